The van der Waals surface area contributed by atoms with Gasteiger partial charge in [-0.25, -0.2) is 0 Å². The highest BCUT2D eigenvalue weighted by molar-refractivity contribution is 6.98. The van der Waals surface area contributed by atoms with E-state index in [0.29, 0.717) is 0 Å². The Morgan fingerprint density at radius 1 is 0.579 bits per heavy atom. The van der Waals surface area contributed by atoms with Gasteiger partial charge in [0, 0.05) is 28.4 Å². The highest BCUT2D eigenvalue weighted by Gasteiger charge is 2.43. The predicted octanol–water partition coefficient (Wildman–Crippen LogP) is 5.71. The minimum absolute atomic E-state index is 0.136. The van der Waals surface area contributed by atoms with Crippen molar-refractivity contribution in [3.63, 3.8) is 0 Å². The van der Waals surface area contributed by atoms with Crippen LogP contribution in [0.15, 0.2) is 84.9 Å². The van der Waals surface area contributed by atoms with E-state index in [0.717, 1.165) is 59.8 Å². The van der Waals surface area contributed by atoms with Gasteiger partial charge in [-0.3, -0.25) is 0 Å². The van der Waals surface area contributed by atoms with Crippen molar-refractivity contribution in [1.82, 2.24) is 4.57 Å². The monoisotopic (exact) mass is 487 g/mol. The molecule has 0 unspecified atom stereocenters. The molecule has 0 atom stereocenters. The van der Waals surface area contributed by atoms with Gasteiger partial charge in [-0.15, -0.1) is 0 Å². The van der Waals surface area contributed by atoms with Crippen LogP contribution in [0, 0.1) is 0 Å². The van der Waals surface area contributed by atoms with Gasteiger partial charge in [-0.2, -0.15) is 0 Å². The summed E-state index contributed by atoms with van der Waals surface area (Å²) in [5, 5.41) is 2.51. The third-order valence-electron chi connectivity index (χ3n) is 9.33. The third kappa shape index (κ3) is 2.29. The molecule has 0 N–H and O–H groups in total. The van der Waals surface area contributed by atoms with Crippen molar-refractivity contribution in [2.75, 3.05) is 0 Å². The van der Waals surface area contributed by atoms with E-state index < -0.39 is 0 Å². The van der Waals surface area contributed by atoms with Gasteiger partial charge in [0.15, 0.2) is 0 Å². The Balaban J connectivity index is 1.29. The molecule has 1 aromatic heterocycles. The van der Waals surface area contributed by atoms with Crippen molar-refractivity contribution < 1.29 is 9.47 Å². The average Bonchev–Trinajstić information content (AvgIpc) is 3.23. The van der Waals surface area contributed by atoms with Crippen LogP contribution in [-0.2, 0) is 25.7 Å². The van der Waals surface area contributed by atoms with E-state index >= 15 is 0 Å². The van der Waals surface area contributed by atoms with E-state index in [-0.39, 0.29) is 6.71 Å². The Bertz CT molecular complexity index is 1910. The molecule has 0 saturated heterocycles. The van der Waals surface area contributed by atoms with Crippen LogP contribution < -0.4 is 25.9 Å². The van der Waals surface area contributed by atoms with Crippen molar-refractivity contribution in [3.05, 3.63) is 107 Å². The Labute approximate surface area is 220 Å². The third-order valence-corrected chi connectivity index (χ3v) is 9.33. The van der Waals surface area contributed by atoms with Crippen LogP contribution in [-0.4, -0.2) is 11.3 Å². The minimum atomic E-state index is 0.136. The second-order valence-electron chi connectivity index (χ2n) is 11.1. The van der Waals surface area contributed by atoms with Crippen LogP contribution in [0.4, 0.5) is 0 Å². The number of aromatic nitrogens is 1. The first-order valence-corrected chi connectivity index (χ1v) is 13.6. The smallest absolute Gasteiger partial charge is 0.260 e. The Morgan fingerprint density at radius 3 is 1.61 bits per heavy atom. The molecule has 4 aliphatic rings. The average molecular weight is 487 g/mol. The second-order valence-corrected chi connectivity index (χ2v) is 11.1. The molecule has 2 aliphatic heterocycles. The second kappa shape index (κ2) is 6.70. The lowest BCUT2D eigenvalue weighted by molar-refractivity contribution is 0.453. The standard InChI is InChI=1S/C34H22BNO2/c1-3-7-28-24(5-1)25-6-2-4-8-29(25)36(28)21-17-30-32-31(18-21)38-34-23-14-10-20(23)12-16-27(34)35(32)26-15-11-19-9-13-22(19)33(26)37-30/h1-8,11-12,15-18H,9-10,13-14H2. The van der Waals surface area contributed by atoms with Crippen LogP contribution in [0.3, 0.4) is 0 Å². The summed E-state index contributed by atoms with van der Waals surface area (Å²) in [6.07, 6.45) is 4.47. The molecule has 0 radical (unpaired) electrons. The maximum absolute atomic E-state index is 6.84. The fraction of sp³-hybridized carbons (Fsp3) is 0.118. The highest BCUT2D eigenvalue weighted by Crippen LogP contribution is 2.44. The van der Waals surface area contributed by atoms with E-state index in [9.17, 15) is 0 Å². The van der Waals surface area contributed by atoms with Crippen molar-refractivity contribution in [2.24, 2.45) is 0 Å². The fourth-order valence-corrected chi connectivity index (χ4v) is 7.32. The number of nitrogens with zero attached hydrogens (tertiary/aromatic N) is 1. The number of aryl methyl sites for hydroxylation is 2. The topological polar surface area (TPSA) is 23.4 Å². The zero-order valence-corrected chi connectivity index (χ0v) is 20.8. The lowest BCUT2D eigenvalue weighted by Gasteiger charge is -2.38. The van der Waals surface area contributed by atoms with E-state index in [1.54, 1.807) is 0 Å². The molecule has 38 heavy (non-hydrogen) atoms. The molecular weight excluding hydrogens is 465 g/mol. The lowest BCUT2D eigenvalue weighted by atomic mass is 9.34. The zero-order chi connectivity index (χ0) is 24.5. The maximum atomic E-state index is 6.84. The highest BCUT2D eigenvalue weighted by atomic mass is 16.5. The van der Waals surface area contributed by atoms with E-state index in [4.69, 9.17) is 9.47 Å². The summed E-state index contributed by atoms with van der Waals surface area (Å²) in [5.41, 5.74) is 12.8. The molecule has 6 aromatic rings. The molecule has 178 valence electrons. The summed E-state index contributed by atoms with van der Waals surface area (Å²) in [4.78, 5) is 0. The van der Waals surface area contributed by atoms with E-state index in [1.807, 2.05) is 0 Å². The van der Waals surface area contributed by atoms with Gasteiger partial charge in [0.25, 0.3) is 6.71 Å². The van der Waals surface area contributed by atoms with Crippen molar-refractivity contribution in [2.45, 2.75) is 25.7 Å². The number of fused-ring (bicyclic) bond motifs is 11. The molecular formula is C34H22BNO2. The number of rotatable bonds is 1. The van der Waals surface area contributed by atoms with Crippen LogP contribution in [0.2, 0.25) is 0 Å². The molecule has 10 rings (SSSR count). The van der Waals surface area contributed by atoms with Gasteiger partial charge in [0.05, 0.1) is 16.7 Å². The predicted molar refractivity (Wildman–Crippen MR) is 153 cm³/mol. The molecule has 0 amide bonds. The fourth-order valence-electron chi connectivity index (χ4n) is 7.32. The number of hydrogen-bond donors (Lipinski definition) is 0. The number of para-hydroxylation sites is 2. The molecule has 4 heteroatoms. The van der Waals surface area contributed by atoms with Gasteiger partial charge >= 0.3 is 0 Å². The molecule has 5 aromatic carbocycles. The van der Waals surface area contributed by atoms with Crippen molar-refractivity contribution in [3.8, 4) is 28.7 Å². The molecule has 3 nitrogen and oxygen atoms in total. The van der Waals surface area contributed by atoms with Crippen LogP contribution in [0.1, 0.15) is 22.3 Å². The zero-order valence-electron chi connectivity index (χ0n) is 20.8. The first-order valence-electron chi connectivity index (χ1n) is 13.6. The molecule has 0 spiro atoms. The molecule has 2 aliphatic carbocycles. The summed E-state index contributed by atoms with van der Waals surface area (Å²) in [6, 6.07) is 31.0. The maximum Gasteiger partial charge on any atom is 0.260 e. The Kier molecular flexibility index (Phi) is 3.47. The summed E-state index contributed by atoms with van der Waals surface area (Å²) in [7, 11) is 0. The van der Waals surface area contributed by atoms with Gasteiger partial charge in [-0.1, -0.05) is 60.7 Å². The first-order chi connectivity index (χ1) is 18.8. The van der Waals surface area contributed by atoms with Gasteiger partial charge in [0.1, 0.15) is 23.0 Å². The summed E-state index contributed by atoms with van der Waals surface area (Å²) in [5.74, 6) is 4.00. The summed E-state index contributed by atoms with van der Waals surface area (Å²) >= 11 is 0. The quantitative estimate of drug-likeness (QED) is 0.277. The largest absolute Gasteiger partial charge is 0.458 e. The van der Waals surface area contributed by atoms with Crippen LogP contribution >= 0.6 is 0 Å². The minimum Gasteiger partial charge on any atom is -0.458 e. The summed E-state index contributed by atoms with van der Waals surface area (Å²) in [6.45, 7) is 0.136. The molecule has 3 heterocycles. The molecule has 0 saturated carbocycles. The van der Waals surface area contributed by atoms with Gasteiger partial charge in [0.2, 0.25) is 0 Å². The lowest BCUT2D eigenvalue weighted by Crippen LogP contribution is -2.58. The Hall–Kier alpha value is -4.44. The molecule has 0 bridgehead atoms. The number of hydrogen-bond acceptors (Lipinski definition) is 2. The van der Waals surface area contributed by atoms with Crippen molar-refractivity contribution >= 4 is 44.9 Å². The SMILES string of the molecule is c1ccc2c(c1)c1ccccc1n2-c1cc2c3c(c1)Oc1c(ccc4c1CC4)B3c1ccc3c(c1O2)CC3. The van der Waals surface area contributed by atoms with E-state index in [2.05, 4.69) is 89.5 Å². The van der Waals surface area contributed by atoms with Crippen LogP contribution in [0.25, 0.3) is 27.5 Å². The van der Waals surface area contributed by atoms with E-state index in [1.165, 1.54) is 55.0 Å². The number of benzene rings is 5. The normalized spacial score (nSPS) is 15.3. The van der Waals surface area contributed by atoms with Crippen molar-refractivity contribution in [1.29, 1.82) is 0 Å². The molecule has 0 fully saturated rings. The number of ether oxygens (including phenoxy) is 2. The summed E-state index contributed by atoms with van der Waals surface area (Å²) < 4.78 is 16.0. The first kappa shape index (κ1) is 19.6. The van der Waals surface area contributed by atoms with Gasteiger partial charge < -0.3 is 14.0 Å². The Morgan fingerprint density at radius 2 is 1.11 bits per heavy atom. The van der Waals surface area contributed by atoms with Gasteiger partial charge in [-0.05, 0) is 71.0 Å². The van der Waals surface area contributed by atoms with Crippen LogP contribution in [0.5, 0.6) is 23.0 Å².